The third kappa shape index (κ3) is 4.80. The first-order chi connectivity index (χ1) is 14.4. The van der Waals surface area contributed by atoms with Crippen LogP contribution < -0.4 is 4.74 Å². The minimum atomic E-state index is -0.363. The van der Waals surface area contributed by atoms with Gasteiger partial charge in [-0.3, -0.25) is 9.59 Å². The fourth-order valence-electron chi connectivity index (χ4n) is 3.30. The van der Waals surface area contributed by atoms with Crippen molar-refractivity contribution in [3.8, 4) is 5.75 Å². The molecule has 30 heavy (non-hydrogen) atoms. The van der Waals surface area contributed by atoms with Gasteiger partial charge in [-0.05, 0) is 23.8 Å². The summed E-state index contributed by atoms with van der Waals surface area (Å²) in [5.74, 6) is 0.125. The molecule has 3 rings (SSSR count). The Kier molecular flexibility index (Phi) is 7.07. The SMILES string of the molecule is COCC(=O)N(C)CC(=O)N1N=C(c2cccc(OC)c2)C[C@@H]1c1ccccc1Cl. The zero-order valence-electron chi connectivity index (χ0n) is 17.2. The summed E-state index contributed by atoms with van der Waals surface area (Å²) in [7, 11) is 4.60. The molecule has 0 aliphatic carbocycles. The lowest BCUT2D eigenvalue weighted by Gasteiger charge is -2.25. The van der Waals surface area contributed by atoms with E-state index in [0.29, 0.717) is 17.2 Å². The standard InChI is InChI=1S/C22H24ClN3O4/c1-25(22(28)14-29-2)13-21(27)26-20(17-9-4-5-10-18(17)23)12-19(24-26)15-7-6-8-16(11-15)30-3/h4-11,20H,12-14H2,1-3H3/t20-/m1/s1. The molecule has 0 saturated carbocycles. The molecular formula is C22H24ClN3O4. The minimum Gasteiger partial charge on any atom is -0.497 e. The Labute approximate surface area is 180 Å². The number of carbonyl (C=O) groups is 2. The van der Waals surface area contributed by atoms with E-state index >= 15 is 0 Å². The number of ether oxygens (including phenoxy) is 2. The highest BCUT2D eigenvalue weighted by Gasteiger charge is 2.35. The lowest BCUT2D eigenvalue weighted by Crippen LogP contribution is -2.40. The average Bonchev–Trinajstić information content (AvgIpc) is 3.19. The highest BCUT2D eigenvalue weighted by molar-refractivity contribution is 6.31. The second-order valence-electron chi connectivity index (χ2n) is 6.94. The summed E-state index contributed by atoms with van der Waals surface area (Å²) in [4.78, 5) is 26.4. The van der Waals surface area contributed by atoms with Gasteiger partial charge in [0.15, 0.2) is 0 Å². The third-order valence-corrected chi connectivity index (χ3v) is 5.24. The maximum atomic E-state index is 13.1. The van der Waals surface area contributed by atoms with Crippen molar-refractivity contribution in [2.45, 2.75) is 12.5 Å². The summed E-state index contributed by atoms with van der Waals surface area (Å²) >= 11 is 6.42. The normalized spacial score (nSPS) is 15.7. The Balaban J connectivity index is 1.91. The molecule has 0 saturated heterocycles. The van der Waals surface area contributed by atoms with Gasteiger partial charge in [-0.2, -0.15) is 5.10 Å². The molecule has 158 valence electrons. The predicted octanol–water partition coefficient (Wildman–Crippen LogP) is 3.13. The van der Waals surface area contributed by atoms with Crippen molar-refractivity contribution in [3.05, 3.63) is 64.7 Å². The number of hydrogen-bond acceptors (Lipinski definition) is 5. The number of nitrogens with zero attached hydrogens (tertiary/aromatic N) is 3. The van der Waals surface area contributed by atoms with Crippen molar-refractivity contribution in [1.29, 1.82) is 0 Å². The van der Waals surface area contributed by atoms with Gasteiger partial charge in [0.1, 0.15) is 18.9 Å². The van der Waals surface area contributed by atoms with Crippen molar-refractivity contribution in [2.24, 2.45) is 5.10 Å². The van der Waals surface area contributed by atoms with Gasteiger partial charge in [-0.15, -0.1) is 0 Å². The average molecular weight is 430 g/mol. The van der Waals surface area contributed by atoms with Crippen molar-refractivity contribution < 1.29 is 19.1 Å². The number of rotatable bonds is 7. The van der Waals surface area contributed by atoms with E-state index in [1.807, 2.05) is 42.5 Å². The Morgan fingerprint density at radius 2 is 1.97 bits per heavy atom. The van der Waals surface area contributed by atoms with Crippen LogP contribution in [0.25, 0.3) is 0 Å². The third-order valence-electron chi connectivity index (χ3n) is 4.90. The summed E-state index contributed by atoms with van der Waals surface area (Å²) in [6, 6.07) is 14.6. The molecule has 1 heterocycles. The molecule has 1 aliphatic heterocycles. The molecule has 0 N–H and O–H groups in total. The summed E-state index contributed by atoms with van der Waals surface area (Å²) in [5.41, 5.74) is 2.42. The van der Waals surface area contributed by atoms with Gasteiger partial charge in [0.05, 0.1) is 18.9 Å². The van der Waals surface area contributed by atoms with Gasteiger partial charge in [0.25, 0.3) is 5.91 Å². The number of halogens is 1. The highest BCUT2D eigenvalue weighted by Crippen LogP contribution is 2.36. The second kappa shape index (κ2) is 9.73. The number of carbonyl (C=O) groups excluding carboxylic acids is 2. The predicted molar refractivity (Wildman–Crippen MR) is 115 cm³/mol. The van der Waals surface area contributed by atoms with E-state index in [4.69, 9.17) is 21.1 Å². The van der Waals surface area contributed by atoms with Crippen LogP contribution in [0.5, 0.6) is 5.75 Å². The van der Waals surface area contributed by atoms with E-state index in [1.165, 1.54) is 17.0 Å². The second-order valence-corrected chi connectivity index (χ2v) is 7.35. The molecule has 2 aromatic carbocycles. The Bertz CT molecular complexity index is 963. The van der Waals surface area contributed by atoms with Crippen LogP contribution in [-0.2, 0) is 14.3 Å². The van der Waals surface area contributed by atoms with E-state index in [2.05, 4.69) is 5.10 Å². The van der Waals surface area contributed by atoms with Crippen molar-refractivity contribution in [1.82, 2.24) is 9.91 Å². The fourth-order valence-corrected chi connectivity index (χ4v) is 3.56. The summed E-state index contributed by atoms with van der Waals surface area (Å²) in [6.45, 7) is -0.200. The van der Waals surface area contributed by atoms with Crippen LogP contribution in [0.15, 0.2) is 53.6 Å². The Morgan fingerprint density at radius 1 is 1.20 bits per heavy atom. The fraction of sp³-hybridized carbons (Fsp3) is 0.318. The molecule has 2 aromatic rings. The van der Waals surface area contributed by atoms with Crippen molar-refractivity contribution in [3.63, 3.8) is 0 Å². The number of hydrazone groups is 1. The Hall–Kier alpha value is -2.90. The van der Waals surface area contributed by atoms with Crippen LogP contribution in [0, 0.1) is 0 Å². The zero-order chi connectivity index (χ0) is 21.7. The van der Waals surface area contributed by atoms with Crippen LogP contribution in [0.1, 0.15) is 23.6 Å². The van der Waals surface area contributed by atoms with E-state index in [-0.39, 0.29) is 31.0 Å². The number of likely N-dealkylation sites (N-methyl/N-ethyl adjacent to an activating group) is 1. The van der Waals surface area contributed by atoms with Crippen LogP contribution in [0.3, 0.4) is 0 Å². The lowest BCUT2D eigenvalue weighted by atomic mass is 9.98. The largest absolute Gasteiger partial charge is 0.497 e. The van der Waals surface area contributed by atoms with Crippen molar-refractivity contribution >= 4 is 29.1 Å². The van der Waals surface area contributed by atoms with Crippen LogP contribution in [0.4, 0.5) is 0 Å². The smallest absolute Gasteiger partial charge is 0.262 e. The number of methoxy groups -OCH3 is 2. The zero-order valence-corrected chi connectivity index (χ0v) is 17.9. The van der Waals surface area contributed by atoms with Crippen molar-refractivity contribution in [2.75, 3.05) is 34.4 Å². The van der Waals surface area contributed by atoms with E-state index in [9.17, 15) is 9.59 Å². The molecule has 0 spiro atoms. The lowest BCUT2D eigenvalue weighted by molar-refractivity contribution is -0.142. The van der Waals surface area contributed by atoms with Gasteiger partial charge < -0.3 is 14.4 Å². The van der Waals surface area contributed by atoms with Crippen LogP contribution >= 0.6 is 11.6 Å². The molecule has 0 fully saturated rings. The quantitative estimate of drug-likeness (QED) is 0.678. The number of hydrogen-bond donors (Lipinski definition) is 0. The van der Waals surface area contributed by atoms with Gasteiger partial charge in [0, 0.05) is 31.2 Å². The maximum Gasteiger partial charge on any atom is 0.262 e. The first kappa shape index (κ1) is 21.8. The molecule has 1 aliphatic rings. The first-order valence-electron chi connectivity index (χ1n) is 9.46. The van der Waals surface area contributed by atoms with Gasteiger partial charge in [0.2, 0.25) is 5.91 Å². The summed E-state index contributed by atoms with van der Waals surface area (Å²) in [6.07, 6.45) is 0.498. The molecule has 2 amide bonds. The van der Waals surface area contributed by atoms with Crippen LogP contribution in [0.2, 0.25) is 5.02 Å². The molecule has 0 unspecified atom stereocenters. The molecule has 7 nitrogen and oxygen atoms in total. The summed E-state index contributed by atoms with van der Waals surface area (Å²) in [5, 5.41) is 6.59. The molecule has 8 heteroatoms. The number of benzene rings is 2. The molecular weight excluding hydrogens is 406 g/mol. The highest BCUT2D eigenvalue weighted by atomic mass is 35.5. The monoisotopic (exact) mass is 429 g/mol. The molecule has 0 radical (unpaired) electrons. The minimum absolute atomic E-state index is 0.0873. The number of amides is 2. The molecule has 0 aromatic heterocycles. The maximum absolute atomic E-state index is 13.1. The van der Waals surface area contributed by atoms with Gasteiger partial charge >= 0.3 is 0 Å². The molecule has 1 atom stereocenters. The topological polar surface area (TPSA) is 71.4 Å². The summed E-state index contributed by atoms with van der Waals surface area (Å²) < 4.78 is 10.2. The van der Waals surface area contributed by atoms with Crippen LogP contribution in [-0.4, -0.2) is 61.9 Å². The van der Waals surface area contributed by atoms with E-state index in [1.54, 1.807) is 20.2 Å². The van der Waals surface area contributed by atoms with E-state index in [0.717, 1.165) is 16.8 Å². The van der Waals surface area contributed by atoms with Gasteiger partial charge in [-0.1, -0.05) is 41.9 Å². The first-order valence-corrected chi connectivity index (χ1v) is 9.83. The molecule has 0 bridgehead atoms. The van der Waals surface area contributed by atoms with E-state index < -0.39 is 0 Å². The Morgan fingerprint density at radius 3 is 2.67 bits per heavy atom. The van der Waals surface area contributed by atoms with Gasteiger partial charge in [-0.25, -0.2) is 5.01 Å².